The monoisotopic (exact) mass is 305 g/mol. The number of ether oxygens (including phenoxy) is 2. The molecule has 0 bridgehead atoms. The molecule has 3 N–H and O–H groups in total. The Morgan fingerprint density at radius 1 is 1.64 bits per heavy atom. The third kappa shape index (κ3) is 3.00. The van der Waals surface area contributed by atoms with E-state index in [1.165, 1.54) is 16.8 Å². The number of H-pyrrole nitrogens is 1. The van der Waals surface area contributed by atoms with Crippen molar-refractivity contribution in [1.82, 2.24) is 9.55 Å². The lowest BCUT2D eigenvalue weighted by atomic mass is 10.1. The molecule has 1 aromatic heterocycles. The van der Waals surface area contributed by atoms with Crippen molar-refractivity contribution < 1.29 is 14.3 Å². The number of aromatic nitrogens is 2. The zero-order chi connectivity index (χ0) is 16.3. The van der Waals surface area contributed by atoms with Crippen molar-refractivity contribution in [3.63, 3.8) is 0 Å². The summed E-state index contributed by atoms with van der Waals surface area (Å²) in [6.07, 6.45) is 9.07. The fourth-order valence-electron chi connectivity index (χ4n) is 1.91. The second-order valence-electron chi connectivity index (χ2n) is 4.74. The van der Waals surface area contributed by atoms with E-state index >= 15 is 0 Å². The Balaban J connectivity index is 2.22. The molecular formula is C14H15N3O5. The maximum atomic E-state index is 11.8. The normalized spacial score (nSPS) is 23.2. The zero-order valence-electron chi connectivity index (χ0n) is 11.9. The van der Waals surface area contributed by atoms with Gasteiger partial charge in [0.25, 0.3) is 5.56 Å². The number of esters is 1. The number of hydrogen-bond acceptors (Lipinski definition) is 6. The highest BCUT2D eigenvalue weighted by atomic mass is 16.6. The fourth-order valence-corrected chi connectivity index (χ4v) is 1.91. The van der Waals surface area contributed by atoms with Gasteiger partial charge >= 0.3 is 11.7 Å². The van der Waals surface area contributed by atoms with Crippen molar-refractivity contribution in [2.75, 3.05) is 13.2 Å². The van der Waals surface area contributed by atoms with Gasteiger partial charge in [-0.3, -0.25) is 19.1 Å². The molecule has 1 aliphatic heterocycles. The van der Waals surface area contributed by atoms with Crippen molar-refractivity contribution in [3.05, 3.63) is 44.8 Å². The SMILES string of the molecule is C#C[C@@]1(COC(=O)CN)C=C[C@H](n2cc(C)c(=O)[nH]c2=O)O1. The Bertz CT molecular complexity index is 770. The third-order valence-corrected chi connectivity index (χ3v) is 3.14. The molecule has 8 heteroatoms. The molecule has 2 heterocycles. The van der Waals surface area contributed by atoms with E-state index in [1.807, 2.05) is 0 Å². The predicted octanol–water partition coefficient (Wildman–Crippen LogP) is -1.20. The van der Waals surface area contributed by atoms with Gasteiger partial charge in [-0.15, -0.1) is 6.42 Å². The first-order valence-electron chi connectivity index (χ1n) is 6.43. The van der Waals surface area contributed by atoms with E-state index in [-0.39, 0.29) is 13.2 Å². The average molecular weight is 305 g/mol. The van der Waals surface area contributed by atoms with Crippen molar-refractivity contribution in [3.8, 4) is 12.3 Å². The summed E-state index contributed by atoms with van der Waals surface area (Å²) in [5.41, 5.74) is 3.12. The van der Waals surface area contributed by atoms with Crippen LogP contribution in [0.25, 0.3) is 0 Å². The summed E-state index contributed by atoms with van der Waals surface area (Å²) >= 11 is 0. The molecule has 0 radical (unpaired) electrons. The minimum atomic E-state index is -1.28. The molecule has 0 spiro atoms. The van der Waals surface area contributed by atoms with Gasteiger partial charge in [-0.2, -0.15) is 0 Å². The molecule has 0 amide bonds. The largest absolute Gasteiger partial charge is 0.460 e. The van der Waals surface area contributed by atoms with Crippen molar-refractivity contribution in [1.29, 1.82) is 0 Å². The molecule has 0 aliphatic carbocycles. The Labute approximate surface area is 125 Å². The van der Waals surface area contributed by atoms with Crippen LogP contribution < -0.4 is 17.0 Å². The van der Waals surface area contributed by atoms with E-state index in [0.717, 1.165) is 0 Å². The fraction of sp³-hybridized carbons (Fsp3) is 0.357. The van der Waals surface area contributed by atoms with Gasteiger partial charge in [-0.05, 0) is 19.1 Å². The number of aryl methyl sites for hydroxylation is 1. The lowest BCUT2D eigenvalue weighted by Crippen LogP contribution is -2.38. The number of hydrogen-bond donors (Lipinski definition) is 2. The average Bonchev–Trinajstić information content (AvgIpc) is 2.93. The Morgan fingerprint density at radius 3 is 3.00 bits per heavy atom. The number of nitrogens with two attached hydrogens (primary N) is 1. The highest BCUT2D eigenvalue weighted by Crippen LogP contribution is 2.28. The van der Waals surface area contributed by atoms with E-state index in [0.29, 0.717) is 5.56 Å². The van der Waals surface area contributed by atoms with Crippen LogP contribution in [-0.2, 0) is 14.3 Å². The van der Waals surface area contributed by atoms with Crippen LogP contribution >= 0.6 is 0 Å². The first-order chi connectivity index (χ1) is 10.4. The summed E-state index contributed by atoms with van der Waals surface area (Å²) < 4.78 is 11.7. The molecule has 1 aliphatic rings. The number of rotatable bonds is 4. The first-order valence-corrected chi connectivity index (χ1v) is 6.43. The summed E-state index contributed by atoms with van der Waals surface area (Å²) in [6, 6.07) is 0. The number of nitrogens with one attached hydrogen (secondary N) is 1. The van der Waals surface area contributed by atoms with E-state index in [4.69, 9.17) is 21.6 Å². The molecule has 1 aromatic rings. The second-order valence-corrected chi connectivity index (χ2v) is 4.74. The zero-order valence-corrected chi connectivity index (χ0v) is 11.9. The van der Waals surface area contributed by atoms with Crippen LogP contribution in [0.4, 0.5) is 0 Å². The molecule has 116 valence electrons. The Morgan fingerprint density at radius 2 is 2.36 bits per heavy atom. The molecule has 0 saturated heterocycles. The van der Waals surface area contributed by atoms with Crippen LogP contribution in [-0.4, -0.2) is 34.3 Å². The van der Waals surface area contributed by atoms with Crippen LogP contribution in [0.2, 0.25) is 0 Å². The molecule has 0 unspecified atom stereocenters. The van der Waals surface area contributed by atoms with Crippen LogP contribution in [0, 0.1) is 19.3 Å². The van der Waals surface area contributed by atoms with E-state index in [9.17, 15) is 14.4 Å². The van der Waals surface area contributed by atoms with Gasteiger partial charge in [0.05, 0.1) is 6.54 Å². The quantitative estimate of drug-likeness (QED) is 0.410. The summed E-state index contributed by atoms with van der Waals surface area (Å²) in [5, 5.41) is 0. The molecule has 2 atom stereocenters. The number of carbonyl (C=O) groups excluding carboxylic acids is 1. The molecule has 0 fully saturated rings. The number of carbonyl (C=O) groups is 1. The molecule has 2 rings (SSSR count). The maximum absolute atomic E-state index is 11.8. The van der Waals surface area contributed by atoms with Crippen LogP contribution in [0.1, 0.15) is 11.8 Å². The minimum absolute atomic E-state index is 0.219. The lowest BCUT2D eigenvalue weighted by Gasteiger charge is -2.23. The van der Waals surface area contributed by atoms with Crippen LogP contribution in [0.15, 0.2) is 27.9 Å². The standard InChI is InChI=1S/C14H15N3O5/c1-3-14(8-21-11(18)6-15)5-4-10(22-14)17-7-9(2)12(19)16-13(17)20/h1,4-5,7,10H,6,8,15H2,2H3,(H,16,19,20)/t10-,14+/m1/s1. The van der Waals surface area contributed by atoms with Gasteiger partial charge in [0.2, 0.25) is 0 Å². The number of terminal acetylenes is 1. The molecule has 0 aromatic carbocycles. The number of nitrogens with zero attached hydrogens (tertiary/aromatic N) is 1. The third-order valence-electron chi connectivity index (χ3n) is 3.14. The summed E-state index contributed by atoms with van der Waals surface area (Å²) in [5.74, 6) is 1.77. The van der Waals surface area contributed by atoms with Gasteiger partial charge < -0.3 is 15.2 Å². The van der Waals surface area contributed by atoms with Gasteiger partial charge in [0.15, 0.2) is 11.8 Å². The van der Waals surface area contributed by atoms with E-state index < -0.39 is 29.0 Å². The van der Waals surface area contributed by atoms with Crippen LogP contribution in [0.3, 0.4) is 0 Å². The van der Waals surface area contributed by atoms with Gasteiger partial charge in [-0.25, -0.2) is 4.79 Å². The summed E-state index contributed by atoms with van der Waals surface area (Å²) in [4.78, 5) is 36.5. The summed E-state index contributed by atoms with van der Waals surface area (Å²) in [7, 11) is 0. The van der Waals surface area contributed by atoms with Crippen molar-refractivity contribution >= 4 is 5.97 Å². The number of aromatic amines is 1. The van der Waals surface area contributed by atoms with Crippen molar-refractivity contribution in [2.24, 2.45) is 5.73 Å². The van der Waals surface area contributed by atoms with Crippen LogP contribution in [0.5, 0.6) is 0 Å². The second kappa shape index (κ2) is 6.01. The first kappa shape index (κ1) is 15.8. The molecule has 0 saturated carbocycles. The predicted molar refractivity (Wildman–Crippen MR) is 76.9 cm³/mol. The molecule has 22 heavy (non-hydrogen) atoms. The van der Waals surface area contributed by atoms with E-state index in [2.05, 4.69) is 10.9 Å². The topological polar surface area (TPSA) is 116 Å². The Hall–Kier alpha value is -2.63. The van der Waals surface area contributed by atoms with Crippen molar-refractivity contribution in [2.45, 2.75) is 18.8 Å². The highest BCUT2D eigenvalue weighted by Gasteiger charge is 2.36. The minimum Gasteiger partial charge on any atom is -0.460 e. The molecular weight excluding hydrogens is 290 g/mol. The highest BCUT2D eigenvalue weighted by molar-refractivity contribution is 5.71. The summed E-state index contributed by atoms with van der Waals surface area (Å²) in [6.45, 7) is 1.07. The van der Waals surface area contributed by atoms with E-state index in [1.54, 1.807) is 13.0 Å². The maximum Gasteiger partial charge on any atom is 0.330 e. The van der Waals surface area contributed by atoms with Gasteiger partial charge in [0, 0.05) is 11.8 Å². The molecule has 8 nitrogen and oxygen atoms in total. The smallest absolute Gasteiger partial charge is 0.330 e. The van der Waals surface area contributed by atoms with Gasteiger partial charge in [-0.1, -0.05) is 5.92 Å². The van der Waals surface area contributed by atoms with Gasteiger partial charge in [0.1, 0.15) is 6.61 Å². The Kier molecular flexibility index (Phi) is 4.30. The lowest BCUT2D eigenvalue weighted by molar-refractivity contribution is -0.149.